The van der Waals surface area contributed by atoms with Gasteiger partial charge in [0.05, 0.1) is 0 Å². The van der Waals surface area contributed by atoms with Crippen LogP contribution in [0.25, 0.3) is 0 Å². The zero-order chi connectivity index (χ0) is 5.11. The Labute approximate surface area is 56.3 Å². The Morgan fingerprint density at radius 2 is 2.29 bits per heavy atom. The molecule has 1 nitrogen and oxygen atoms in total. The summed E-state index contributed by atoms with van der Waals surface area (Å²) < 4.78 is 5.97. The van der Waals surface area contributed by atoms with E-state index in [0.717, 1.165) is 6.61 Å². The summed E-state index contributed by atoms with van der Waals surface area (Å²) in [7, 11) is 0. The van der Waals surface area contributed by atoms with E-state index >= 15 is 0 Å². The first kappa shape index (κ1) is 5.83. The van der Waals surface area contributed by atoms with Crippen LogP contribution in [0.4, 0.5) is 0 Å². The maximum absolute atomic E-state index is 5.33. The van der Waals surface area contributed by atoms with E-state index in [1.165, 1.54) is 40.3 Å². The van der Waals surface area contributed by atoms with Crippen molar-refractivity contribution in [2.45, 2.75) is 23.6 Å². The summed E-state index contributed by atoms with van der Waals surface area (Å²) in [6.07, 6.45) is 3.99. The molecule has 0 saturated carbocycles. The van der Waals surface area contributed by atoms with Crippen LogP contribution < -0.4 is 0 Å². The zero-order valence-corrected chi connectivity index (χ0v) is 7.47. The summed E-state index contributed by atoms with van der Waals surface area (Å²) >= 11 is 1.41. The van der Waals surface area contributed by atoms with Crippen molar-refractivity contribution in [3.05, 3.63) is 0 Å². The second-order valence-electron chi connectivity index (χ2n) is 1.82. The van der Waals surface area contributed by atoms with E-state index in [-0.39, 0.29) is 0 Å². The molecule has 1 heterocycles. The first-order valence-corrected chi connectivity index (χ1v) is 4.55. The van der Waals surface area contributed by atoms with Gasteiger partial charge in [0.1, 0.15) is 0 Å². The monoisotopic (exact) mass is 266 g/mol. The van der Waals surface area contributed by atoms with Crippen molar-refractivity contribution in [3.8, 4) is 0 Å². The third-order valence-corrected chi connectivity index (χ3v) is 2.62. The van der Waals surface area contributed by atoms with Crippen LogP contribution in [0.5, 0.6) is 0 Å². The number of rotatable bonds is 0. The average molecular weight is 266 g/mol. The molecule has 1 rings (SSSR count). The molecule has 1 fully saturated rings. The van der Waals surface area contributed by atoms with Gasteiger partial charge in [-0.1, -0.05) is 0 Å². The first-order chi connectivity index (χ1) is 3.39. The van der Waals surface area contributed by atoms with Gasteiger partial charge < -0.3 is 0 Å². The molecule has 40 valence electrons. The molecule has 1 unspecified atom stereocenters. The number of hydrogen-bond acceptors (Lipinski definition) is 1. The van der Waals surface area contributed by atoms with Crippen molar-refractivity contribution in [1.82, 2.24) is 0 Å². The summed E-state index contributed by atoms with van der Waals surface area (Å²) in [5.74, 6) is 0. The van der Waals surface area contributed by atoms with Gasteiger partial charge >= 0.3 is 56.0 Å². The molecule has 1 aliphatic rings. The Balaban J connectivity index is 2.12. The molecule has 1 atom stereocenters. The van der Waals surface area contributed by atoms with E-state index < -0.39 is 0 Å². The minimum absolute atomic E-state index is 0.647. The fraction of sp³-hybridized carbons (Fsp3) is 1.00. The van der Waals surface area contributed by atoms with Gasteiger partial charge in [-0.3, -0.25) is 0 Å². The SMILES string of the molecule is [Ta][CH]1CCCCO1. The van der Waals surface area contributed by atoms with Crippen molar-refractivity contribution in [2.75, 3.05) is 6.61 Å². The van der Waals surface area contributed by atoms with E-state index in [1.54, 1.807) is 0 Å². The van der Waals surface area contributed by atoms with E-state index in [4.69, 9.17) is 4.74 Å². The van der Waals surface area contributed by atoms with Crippen molar-refractivity contribution in [1.29, 1.82) is 0 Å². The minimum atomic E-state index is 0.647. The molecular weight excluding hydrogens is 257 g/mol. The molecule has 1 saturated heterocycles. The van der Waals surface area contributed by atoms with Gasteiger partial charge in [0.25, 0.3) is 0 Å². The average Bonchev–Trinajstić information content (AvgIpc) is 1.69. The third kappa shape index (κ3) is 1.96. The van der Waals surface area contributed by atoms with E-state index in [0.29, 0.717) is 4.32 Å². The summed E-state index contributed by atoms with van der Waals surface area (Å²) in [4.78, 5) is 0. The Bertz CT molecular complexity index is 50.0. The fourth-order valence-corrected chi connectivity index (χ4v) is 1.76. The Kier molecular flexibility index (Phi) is 2.40. The molecule has 0 amide bonds. The summed E-state index contributed by atoms with van der Waals surface area (Å²) in [6.45, 7) is 1.02. The molecular formula is C5H9OTa. The van der Waals surface area contributed by atoms with E-state index in [2.05, 4.69) is 0 Å². The van der Waals surface area contributed by atoms with E-state index in [9.17, 15) is 0 Å². The van der Waals surface area contributed by atoms with Gasteiger partial charge in [-0.25, -0.2) is 0 Å². The molecule has 0 N–H and O–H groups in total. The standard InChI is InChI=1S/C5H9O.Ta/c1-2-4-6-5-3-1;/h4H,1-3,5H2;. The van der Waals surface area contributed by atoms with Crippen LogP contribution >= 0.6 is 0 Å². The molecule has 0 aromatic rings. The van der Waals surface area contributed by atoms with Crippen molar-refractivity contribution in [2.24, 2.45) is 0 Å². The first-order valence-electron chi connectivity index (χ1n) is 2.69. The summed E-state index contributed by atoms with van der Waals surface area (Å²) in [5.41, 5.74) is 0. The molecule has 0 aliphatic carbocycles. The van der Waals surface area contributed by atoms with Crippen LogP contribution in [0.2, 0.25) is 0 Å². The van der Waals surface area contributed by atoms with Crippen LogP contribution in [0.1, 0.15) is 19.3 Å². The van der Waals surface area contributed by atoms with Crippen molar-refractivity contribution >= 4 is 0 Å². The molecule has 0 radical (unpaired) electrons. The second kappa shape index (κ2) is 2.88. The third-order valence-electron chi connectivity index (χ3n) is 1.16. The molecule has 0 aromatic heterocycles. The van der Waals surface area contributed by atoms with E-state index in [1.807, 2.05) is 0 Å². The van der Waals surface area contributed by atoms with Crippen LogP contribution in [-0.4, -0.2) is 10.9 Å². The van der Waals surface area contributed by atoms with Gasteiger partial charge in [-0.2, -0.15) is 0 Å². The quantitative estimate of drug-likeness (QED) is 0.637. The van der Waals surface area contributed by atoms with Crippen LogP contribution in [0.15, 0.2) is 0 Å². The zero-order valence-electron chi connectivity index (χ0n) is 4.26. The van der Waals surface area contributed by atoms with Crippen molar-refractivity contribution in [3.63, 3.8) is 0 Å². The summed E-state index contributed by atoms with van der Waals surface area (Å²) in [5, 5.41) is 0. The van der Waals surface area contributed by atoms with Gasteiger partial charge in [0, 0.05) is 0 Å². The maximum atomic E-state index is 5.33. The Hall–Kier alpha value is 0.700. The Morgan fingerprint density at radius 3 is 2.57 bits per heavy atom. The molecule has 7 heavy (non-hydrogen) atoms. The molecule has 0 spiro atoms. The fourth-order valence-electron chi connectivity index (χ4n) is 0.724. The second-order valence-corrected chi connectivity index (χ2v) is 3.89. The molecule has 2 heteroatoms. The van der Waals surface area contributed by atoms with Crippen molar-refractivity contribution < 1.29 is 25.8 Å². The number of ether oxygens (including phenoxy) is 1. The predicted octanol–water partition coefficient (Wildman–Crippen LogP) is 1.06. The number of hydrogen-bond donors (Lipinski definition) is 0. The van der Waals surface area contributed by atoms with Gasteiger partial charge in [0.15, 0.2) is 0 Å². The molecule has 0 aromatic carbocycles. The van der Waals surface area contributed by atoms with Gasteiger partial charge in [-0.05, 0) is 0 Å². The Morgan fingerprint density at radius 1 is 1.43 bits per heavy atom. The molecule has 1 aliphatic heterocycles. The van der Waals surface area contributed by atoms with Crippen LogP contribution in [-0.2, 0) is 25.8 Å². The topological polar surface area (TPSA) is 9.23 Å². The van der Waals surface area contributed by atoms with Crippen LogP contribution in [0.3, 0.4) is 0 Å². The molecule has 0 bridgehead atoms. The van der Waals surface area contributed by atoms with Crippen LogP contribution in [0, 0.1) is 0 Å². The normalized spacial score (nSPS) is 32.9. The summed E-state index contributed by atoms with van der Waals surface area (Å²) in [6, 6.07) is 0. The van der Waals surface area contributed by atoms with Gasteiger partial charge in [-0.15, -0.1) is 0 Å². The predicted molar refractivity (Wildman–Crippen MR) is 23.6 cm³/mol. The van der Waals surface area contributed by atoms with Gasteiger partial charge in [0.2, 0.25) is 0 Å².